The number of benzene rings is 2. The third-order valence-corrected chi connectivity index (χ3v) is 4.02. The Morgan fingerprint density at radius 2 is 1.85 bits per heavy atom. The summed E-state index contributed by atoms with van der Waals surface area (Å²) in [6.45, 7) is 0. The second-order valence-electron chi connectivity index (χ2n) is 4.26. The van der Waals surface area contributed by atoms with Gasteiger partial charge in [-0.05, 0) is 51.3 Å². The monoisotopic (exact) mass is 355 g/mol. The van der Waals surface area contributed by atoms with E-state index in [1.165, 1.54) is 0 Å². The van der Waals surface area contributed by atoms with Crippen LogP contribution in [-0.4, -0.2) is 14.2 Å². The molecule has 106 valence electrons. The third kappa shape index (κ3) is 3.08. The van der Waals surface area contributed by atoms with Crippen molar-refractivity contribution in [3.63, 3.8) is 0 Å². The van der Waals surface area contributed by atoms with Gasteiger partial charge in [0.2, 0.25) is 0 Å². The number of rotatable bonds is 4. The molecule has 0 aliphatic carbocycles. The van der Waals surface area contributed by atoms with Crippen LogP contribution in [0, 0.1) is 0 Å². The van der Waals surface area contributed by atoms with Crippen LogP contribution >= 0.6 is 27.5 Å². The van der Waals surface area contributed by atoms with Gasteiger partial charge in [0.25, 0.3) is 0 Å². The molecule has 0 spiro atoms. The molecule has 2 rings (SSSR count). The number of hydrogen-bond acceptors (Lipinski definition) is 3. The smallest absolute Gasteiger partial charge is 0.133 e. The van der Waals surface area contributed by atoms with Gasteiger partial charge in [-0.1, -0.05) is 23.7 Å². The maximum absolute atomic E-state index is 6.28. The summed E-state index contributed by atoms with van der Waals surface area (Å²) in [5, 5.41) is 0.587. The summed E-state index contributed by atoms with van der Waals surface area (Å²) in [5.74, 6) is 1.48. The van der Waals surface area contributed by atoms with Crippen LogP contribution < -0.4 is 15.2 Å². The van der Waals surface area contributed by atoms with E-state index >= 15 is 0 Å². The second kappa shape index (κ2) is 6.48. The average Bonchev–Trinajstić information content (AvgIpc) is 2.46. The number of nitrogens with two attached hydrogens (primary N) is 1. The summed E-state index contributed by atoms with van der Waals surface area (Å²) in [6, 6.07) is 10.9. The van der Waals surface area contributed by atoms with Crippen molar-refractivity contribution < 1.29 is 9.47 Å². The number of methoxy groups -OCH3 is 2. The van der Waals surface area contributed by atoms with Crippen LogP contribution in [0.15, 0.2) is 40.9 Å². The zero-order chi connectivity index (χ0) is 14.7. The third-order valence-electron chi connectivity index (χ3n) is 3.08. The SMILES string of the molecule is COc1ccc(C(N)c2ccc(OC)c(Br)c2)c(Cl)c1. The number of halogens is 2. The fraction of sp³-hybridized carbons (Fsp3) is 0.200. The molecule has 0 aliphatic heterocycles. The van der Waals surface area contributed by atoms with Crippen molar-refractivity contribution in [3.8, 4) is 11.5 Å². The van der Waals surface area contributed by atoms with Gasteiger partial charge >= 0.3 is 0 Å². The number of ether oxygens (including phenoxy) is 2. The molecule has 1 atom stereocenters. The molecule has 1 unspecified atom stereocenters. The first kappa shape index (κ1) is 15.2. The molecular weight excluding hydrogens is 342 g/mol. The Morgan fingerprint density at radius 1 is 1.10 bits per heavy atom. The first-order chi connectivity index (χ1) is 9.56. The van der Waals surface area contributed by atoms with Crippen LogP contribution in [0.5, 0.6) is 11.5 Å². The molecule has 0 bridgehead atoms. The maximum Gasteiger partial charge on any atom is 0.133 e. The van der Waals surface area contributed by atoms with E-state index in [0.29, 0.717) is 10.8 Å². The maximum atomic E-state index is 6.28. The van der Waals surface area contributed by atoms with E-state index in [-0.39, 0.29) is 6.04 Å². The van der Waals surface area contributed by atoms with Gasteiger partial charge in [-0.2, -0.15) is 0 Å². The van der Waals surface area contributed by atoms with Crippen LogP contribution in [0.2, 0.25) is 5.02 Å². The van der Waals surface area contributed by atoms with E-state index in [1.54, 1.807) is 20.3 Å². The predicted octanol–water partition coefficient (Wildman–Crippen LogP) is 4.17. The van der Waals surface area contributed by atoms with Gasteiger partial charge in [-0.25, -0.2) is 0 Å². The van der Waals surface area contributed by atoms with Crippen molar-refractivity contribution in [2.24, 2.45) is 5.73 Å². The van der Waals surface area contributed by atoms with E-state index in [2.05, 4.69) is 15.9 Å². The molecule has 0 aliphatic rings. The van der Waals surface area contributed by atoms with Gasteiger partial charge in [-0.3, -0.25) is 0 Å². The molecule has 5 heteroatoms. The standard InChI is InChI=1S/C15H15BrClNO2/c1-19-10-4-5-11(13(17)8-10)15(18)9-3-6-14(20-2)12(16)7-9/h3-8,15H,18H2,1-2H3. The topological polar surface area (TPSA) is 44.5 Å². The molecule has 0 aromatic heterocycles. The summed E-state index contributed by atoms with van der Waals surface area (Å²) in [7, 11) is 3.23. The molecule has 0 fully saturated rings. The minimum Gasteiger partial charge on any atom is -0.497 e. The quantitative estimate of drug-likeness (QED) is 0.894. The Bertz CT molecular complexity index is 619. The van der Waals surface area contributed by atoms with E-state index in [9.17, 15) is 0 Å². The highest BCUT2D eigenvalue weighted by Crippen LogP contribution is 2.33. The van der Waals surface area contributed by atoms with E-state index in [0.717, 1.165) is 21.3 Å². The van der Waals surface area contributed by atoms with Gasteiger partial charge in [0.05, 0.1) is 24.7 Å². The lowest BCUT2D eigenvalue weighted by Gasteiger charge is -2.16. The molecule has 20 heavy (non-hydrogen) atoms. The lowest BCUT2D eigenvalue weighted by Crippen LogP contribution is -2.12. The normalized spacial score (nSPS) is 12.1. The Morgan fingerprint density at radius 3 is 2.40 bits per heavy atom. The molecular formula is C15H15BrClNO2. The summed E-state index contributed by atoms with van der Waals surface area (Å²) >= 11 is 9.71. The molecule has 2 aromatic carbocycles. The summed E-state index contributed by atoms with van der Waals surface area (Å²) < 4.78 is 11.2. The fourth-order valence-corrected chi connectivity index (χ4v) is 2.79. The Kier molecular flexibility index (Phi) is 4.91. The minimum absolute atomic E-state index is 0.310. The van der Waals surface area contributed by atoms with E-state index in [4.69, 9.17) is 26.8 Å². The van der Waals surface area contributed by atoms with Gasteiger partial charge in [0, 0.05) is 5.02 Å². The van der Waals surface area contributed by atoms with Crippen molar-refractivity contribution >= 4 is 27.5 Å². The molecule has 3 nitrogen and oxygen atoms in total. The molecule has 2 aromatic rings. The van der Waals surface area contributed by atoms with Crippen LogP contribution in [0.4, 0.5) is 0 Å². The molecule has 0 radical (unpaired) electrons. The summed E-state index contributed by atoms with van der Waals surface area (Å²) in [6.07, 6.45) is 0. The van der Waals surface area contributed by atoms with E-state index in [1.807, 2.05) is 30.3 Å². The zero-order valence-corrected chi connectivity index (χ0v) is 13.5. The molecule has 2 N–H and O–H groups in total. The van der Waals surface area contributed by atoms with Crippen molar-refractivity contribution in [2.45, 2.75) is 6.04 Å². The van der Waals surface area contributed by atoms with Crippen molar-refractivity contribution in [3.05, 3.63) is 57.0 Å². The lowest BCUT2D eigenvalue weighted by atomic mass is 9.99. The Labute approximate surface area is 131 Å². The predicted molar refractivity (Wildman–Crippen MR) is 84.7 cm³/mol. The second-order valence-corrected chi connectivity index (χ2v) is 5.52. The van der Waals surface area contributed by atoms with Crippen molar-refractivity contribution in [1.82, 2.24) is 0 Å². The average molecular weight is 357 g/mol. The largest absolute Gasteiger partial charge is 0.497 e. The van der Waals surface area contributed by atoms with Crippen molar-refractivity contribution in [2.75, 3.05) is 14.2 Å². The molecule has 0 amide bonds. The fourth-order valence-electron chi connectivity index (χ4n) is 1.94. The lowest BCUT2D eigenvalue weighted by molar-refractivity contribution is 0.412. The van der Waals surface area contributed by atoms with Crippen molar-refractivity contribution in [1.29, 1.82) is 0 Å². The highest BCUT2D eigenvalue weighted by molar-refractivity contribution is 9.10. The van der Waals surface area contributed by atoms with Crippen LogP contribution in [0.1, 0.15) is 17.2 Å². The number of hydrogen-bond donors (Lipinski definition) is 1. The van der Waals surface area contributed by atoms with Crippen LogP contribution in [-0.2, 0) is 0 Å². The summed E-state index contributed by atoms with van der Waals surface area (Å²) in [5.41, 5.74) is 8.08. The first-order valence-corrected chi connectivity index (χ1v) is 7.16. The van der Waals surface area contributed by atoms with E-state index < -0.39 is 0 Å². The van der Waals surface area contributed by atoms with Gasteiger partial charge in [0.1, 0.15) is 11.5 Å². The Hall–Kier alpha value is -1.23. The zero-order valence-electron chi connectivity index (χ0n) is 11.2. The highest BCUT2D eigenvalue weighted by atomic mass is 79.9. The summed E-state index contributed by atoms with van der Waals surface area (Å²) in [4.78, 5) is 0. The van der Waals surface area contributed by atoms with Crippen LogP contribution in [0.25, 0.3) is 0 Å². The molecule has 0 heterocycles. The van der Waals surface area contributed by atoms with Gasteiger partial charge in [-0.15, -0.1) is 0 Å². The highest BCUT2D eigenvalue weighted by Gasteiger charge is 2.14. The molecule has 0 saturated heterocycles. The first-order valence-electron chi connectivity index (χ1n) is 5.99. The minimum atomic E-state index is -0.310. The van der Waals surface area contributed by atoms with Gasteiger partial charge < -0.3 is 15.2 Å². The molecule has 0 saturated carbocycles. The Balaban J connectivity index is 2.35. The van der Waals surface area contributed by atoms with Crippen LogP contribution in [0.3, 0.4) is 0 Å². The van der Waals surface area contributed by atoms with Gasteiger partial charge in [0.15, 0.2) is 0 Å².